The van der Waals surface area contributed by atoms with Crippen molar-refractivity contribution in [3.05, 3.63) is 59.4 Å². The van der Waals surface area contributed by atoms with Gasteiger partial charge in [-0.15, -0.1) is 0 Å². The first kappa shape index (κ1) is 17.6. The van der Waals surface area contributed by atoms with E-state index in [9.17, 15) is 9.59 Å². The van der Waals surface area contributed by atoms with Crippen molar-refractivity contribution in [2.24, 2.45) is 0 Å². The van der Waals surface area contributed by atoms with Gasteiger partial charge < -0.3 is 10.2 Å². The molecule has 0 radical (unpaired) electrons. The van der Waals surface area contributed by atoms with Gasteiger partial charge in [-0.2, -0.15) is 5.26 Å². The highest BCUT2D eigenvalue weighted by Crippen LogP contribution is 2.15. The first-order chi connectivity index (χ1) is 12.7. The summed E-state index contributed by atoms with van der Waals surface area (Å²) in [7, 11) is 0. The summed E-state index contributed by atoms with van der Waals surface area (Å²) in [6.07, 6.45) is 5.80. The van der Waals surface area contributed by atoms with Crippen LogP contribution in [0.4, 0.5) is 5.69 Å². The molecular formula is C20H20N4O2. The number of amides is 2. The van der Waals surface area contributed by atoms with Crippen molar-refractivity contribution in [3.63, 3.8) is 0 Å². The molecule has 0 aliphatic carbocycles. The van der Waals surface area contributed by atoms with Gasteiger partial charge in [0.25, 0.3) is 11.8 Å². The van der Waals surface area contributed by atoms with E-state index < -0.39 is 5.91 Å². The highest BCUT2D eigenvalue weighted by atomic mass is 16.2. The maximum atomic E-state index is 12.7. The van der Waals surface area contributed by atoms with Crippen molar-refractivity contribution in [2.45, 2.75) is 25.7 Å². The lowest BCUT2D eigenvalue weighted by Gasteiger charge is -2.20. The standard InChI is InChI=1S/C20H20N4O2/c21-14-15-6-5-7-17(12-15)23-19(25)18-13-16(8-9-22-18)20(26)24-10-3-1-2-4-11-24/h5-9,12-13H,1-4,10-11H2,(H,23,25). The Morgan fingerprint density at radius 3 is 2.58 bits per heavy atom. The van der Waals surface area contributed by atoms with E-state index in [-0.39, 0.29) is 11.6 Å². The van der Waals surface area contributed by atoms with Crippen LogP contribution in [0.1, 0.15) is 52.1 Å². The third-order valence-corrected chi connectivity index (χ3v) is 4.38. The number of anilines is 1. The first-order valence-corrected chi connectivity index (χ1v) is 8.74. The fraction of sp³-hybridized carbons (Fsp3) is 0.300. The lowest BCUT2D eigenvalue weighted by Crippen LogP contribution is -2.32. The average molecular weight is 348 g/mol. The number of likely N-dealkylation sites (tertiary alicyclic amines) is 1. The predicted octanol–water partition coefficient (Wildman–Crippen LogP) is 3.22. The Morgan fingerprint density at radius 2 is 1.85 bits per heavy atom. The molecule has 0 bridgehead atoms. The molecule has 132 valence electrons. The predicted molar refractivity (Wildman–Crippen MR) is 97.7 cm³/mol. The largest absolute Gasteiger partial charge is 0.339 e. The van der Waals surface area contributed by atoms with Crippen molar-refractivity contribution in [1.29, 1.82) is 5.26 Å². The molecular weight excluding hydrogens is 328 g/mol. The summed E-state index contributed by atoms with van der Waals surface area (Å²) < 4.78 is 0. The van der Waals surface area contributed by atoms with Gasteiger partial charge in [0.1, 0.15) is 5.69 Å². The van der Waals surface area contributed by atoms with Crippen molar-refractivity contribution in [2.75, 3.05) is 18.4 Å². The number of hydrogen-bond donors (Lipinski definition) is 1. The van der Waals surface area contributed by atoms with E-state index in [1.165, 1.54) is 12.3 Å². The molecule has 2 heterocycles. The highest BCUT2D eigenvalue weighted by molar-refractivity contribution is 6.04. The Kier molecular flexibility index (Phi) is 5.59. The molecule has 2 amide bonds. The Morgan fingerprint density at radius 1 is 1.08 bits per heavy atom. The van der Waals surface area contributed by atoms with Gasteiger partial charge in [-0.25, -0.2) is 0 Å². The number of aromatic nitrogens is 1. The van der Waals surface area contributed by atoms with Crippen molar-refractivity contribution in [3.8, 4) is 6.07 Å². The van der Waals surface area contributed by atoms with Crippen molar-refractivity contribution in [1.82, 2.24) is 9.88 Å². The van der Waals surface area contributed by atoms with Gasteiger partial charge in [-0.1, -0.05) is 18.9 Å². The lowest BCUT2D eigenvalue weighted by atomic mass is 10.1. The van der Waals surface area contributed by atoms with E-state index >= 15 is 0 Å². The van der Waals surface area contributed by atoms with Gasteiger partial charge in [0.2, 0.25) is 0 Å². The van der Waals surface area contributed by atoms with E-state index in [0.717, 1.165) is 38.8 Å². The minimum absolute atomic E-state index is 0.0603. The Bertz CT molecular complexity index is 849. The van der Waals surface area contributed by atoms with Gasteiger partial charge in [-0.3, -0.25) is 14.6 Å². The monoisotopic (exact) mass is 348 g/mol. The summed E-state index contributed by atoms with van der Waals surface area (Å²) in [5.74, 6) is -0.472. The summed E-state index contributed by atoms with van der Waals surface area (Å²) in [4.78, 5) is 31.1. The zero-order valence-electron chi connectivity index (χ0n) is 14.4. The highest BCUT2D eigenvalue weighted by Gasteiger charge is 2.19. The second-order valence-electron chi connectivity index (χ2n) is 6.28. The maximum absolute atomic E-state index is 12.7. The summed E-state index contributed by atoms with van der Waals surface area (Å²) in [6.45, 7) is 1.51. The minimum atomic E-state index is -0.411. The Balaban J connectivity index is 1.74. The third kappa shape index (κ3) is 4.25. The molecule has 1 aliphatic rings. The summed E-state index contributed by atoms with van der Waals surface area (Å²) in [5.41, 5.74) is 1.62. The fourth-order valence-electron chi connectivity index (χ4n) is 3.01. The summed E-state index contributed by atoms with van der Waals surface area (Å²) >= 11 is 0. The molecule has 6 heteroatoms. The summed E-state index contributed by atoms with van der Waals surface area (Å²) in [6, 6.07) is 11.8. The second-order valence-corrected chi connectivity index (χ2v) is 6.28. The van der Waals surface area contributed by atoms with E-state index in [1.807, 2.05) is 11.0 Å². The SMILES string of the molecule is N#Cc1cccc(NC(=O)c2cc(C(=O)N3CCCCCC3)ccn2)c1. The van der Waals surface area contributed by atoms with Crippen LogP contribution in [-0.4, -0.2) is 34.8 Å². The van der Waals surface area contributed by atoms with E-state index in [0.29, 0.717) is 16.8 Å². The topological polar surface area (TPSA) is 86.1 Å². The zero-order valence-corrected chi connectivity index (χ0v) is 14.4. The fourth-order valence-corrected chi connectivity index (χ4v) is 3.01. The number of nitriles is 1. The van der Waals surface area contributed by atoms with E-state index in [4.69, 9.17) is 5.26 Å². The van der Waals surface area contributed by atoms with Crippen LogP contribution in [0.3, 0.4) is 0 Å². The van der Waals surface area contributed by atoms with Crippen molar-refractivity contribution < 1.29 is 9.59 Å². The second kappa shape index (κ2) is 8.26. The number of pyridine rings is 1. The molecule has 3 rings (SSSR count). The van der Waals surface area contributed by atoms with Crippen LogP contribution in [0.25, 0.3) is 0 Å². The van der Waals surface area contributed by atoms with Crippen LogP contribution in [0, 0.1) is 11.3 Å². The minimum Gasteiger partial charge on any atom is -0.339 e. The molecule has 1 N–H and O–H groups in total. The van der Waals surface area contributed by atoms with Gasteiger partial charge in [0.05, 0.1) is 11.6 Å². The summed E-state index contributed by atoms with van der Waals surface area (Å²) in [5, 5.41) is 11.6. The lowest BCUT2D eigenvalue weighted by molar-refractivity contribution is 0.0761. The molecule has 1 saturated heterocycles. The number of carbonyl (C=O) groups is 2. The molecule has 0 unspecified atom stereocenters. The molecule has 1 fully saturated rings. The first-order valence-electron chi connectivity index (χ1n) is 8.74. The van der Waals surface area contributed by atoms with Crippen LogP contribution < -0.4 is 5.32 Å². The van der Waals surface area contributed by atoms with Crippen LogP contribution in [-0.2, 0) is 0 Å². The Labute approximate surface area is 152 Å². The van der Waals surface area contributed by atoms with Gasteiger partial charge in [0, 0.05) is 30.5 Å². The number of benzene rings is 1. The number of nitrogens with one attached hydrogen (secondary N) is 1. The van der Waals surface area contributed by atoms with Gasteiger partial charge in [0.15, 0.2) is 0 Å². The number of nitrogens with zero attached hydrogens (tertiary/aromatic N) is 3. The molecule has 0 saturated carbocycles. The van der Waals surface area contributed by atoms with Gasteiger partial charge in [-0.05, 0) is 43.2 Å². The van der Waals surface area contributed by atoms with Crippen LogP contribution >= 0.6 is 0 Å². The molecule has 1 aromatic carbocycles. The number of carbonyl (C=O) groups excluding carboxylic acids is 2. The smallest absolute Gasteiger partial charge is 0.274 e. The quantitative estimate of drug-likeness (QED) is 0.923. The Hall–Kier alpha value is -3.20. The molecule has 26 heavy (non-hydrogen) atoms. The number of rotatable bonds is 3. The molecule has 6 nitrogen and oxygen atoms in total. The van der Waals surface area contributed by atoms with Crippen LogP contribution in [0.15, 0.2) is 42.6 Å². The van der Waals surface area contributed by atoms with Crippen LogP contribution in [0.5, 0.6) is 0 Å². The molecule has 1 aliphatic heterocycles. The third-order valence-electron chi connectivity index (χ3n) is 4.38. The molecule has 1 aromatic heterocycles. The molecule has 0 atom stereocenters. The van der Waals surface area contributed by atoms with Crippen LogP contribution in [0.2, 0.25) is 0 Å². The van der Waals surface area contributed by atoms with Gasteiger partial charge >= 0.3 is 0 Å². The zero-order chi connectivity index (χ0) is 18.4. The van der Waals surface area contributed by atoms with Crippen molar-refractivity contribution >= 4 is 17.5 Å². The van der Waals surface area contributed by atoms with E-state index in [1.54, 1.807) is 30.3 Å². The average Bonchev–Trinajstić information content (AvgIpc) is 2.97. The normalized spacial score (nSPS) is 14.2. The molecule has 2 aromatic rings. The molecule has 0 spiro atoms. The van der Waals surface area contributed by atoms with E-state index in [2.05, 4.69) is 10.3 Å². The number of hydrogen-bond acceptors (Lipinski definition) is 4. The maximum Gasteiger partial charge on any atom is 0.274 e.